The molecule has 30 heteroatoms. The van der Waals surface area contributed by atoms with E-state index in [9.17, 15) is 38.4 Å². The molecular formula is C84H90N22O8. The average Bonchev–Trinajstić information content (AvgIpc) is 1.64. The van der Waals surface area contributed by atoms with Crippen LogP contribution in [0, 0.1) is 58.2 Å². The summed E-state index contributed by atoms with van der Waals surface area (Å²) in [6, 6.07) is 39.1. The number of rotatable bonds is 18. The topological polar surface area (TPSA) is 361 Å². The van der Waals surface area contributed by atoms with E-state index < -0.39 is 0 Å². The standard InChI is InChI=1S/2C22H25N5O2.2C20H20N6O2/c2*1-14(15-5-6-15)12-19(28)17-7-8-18-21(24-17)27(16-9-11-26(18)13-16)22(29)25-20-4-2-3-10-23-20;2*1-13(11-21)10-17(27)15-5-6-16-19(23-15)26(14-7-9-25(16)12-14)20(28)24-18-4-2-3-8-22-18/h2*2-4,7-8,10,14-16H,5-6,9,11-13H2,1H3,(H,23,25,29);2*2-6,8,13-14H,7,9-10,12H2,1H3,(H,22,24,28)/t2*14-,16+;2*13-,14-/m1100/s1. The molecule has 2 saturated carbocycles. The molecule has 8 aromatic heterocycles. The molecule has 0 unspecified atom stereocenters. The van der Waals surface area contributed by atoms with E-state index in [1.165, 1.54) is 25.7 Å². The van der Waals surface area contributed by atoms with Crippen LogP contribution in [0.2, 0.25) is 0 Å². The fourth-order valence-electron chi connectivity index (χ4n) is 16.2. The molecule has 584 valence electrons. The molecule has 4 saturated heterocycles. The van der Waals surface area contributed by atoms with Crippen LogP contribution in [0.25, 0.3) is 0 Å². The van der Waals surface area contributed by atoms with Gasteiger partial charge >= 0.3 is 24.1 Å². The van der Waals surface area contributed by atoms with Crippen molar-refractivity contribution in [1.29, 1.82) is 10.5 Å². The molecule has 30 nitrogen and oxygen atoms in total. The number of pyridine rings is 8. The summed E-state index contributed by atoms with van der Waals surface area (Å²) in [5.74, 6) is 5.17. The minimum Gasteiger partial charge on any atom is -0.366 e. The molecule has 16 heterocycles. The highest BCUT2D eigenvalue weighted by molar-refractivity contribution is 6.09. The Bertz CT molecular complexity index is 4730. The second-order valence-electron chi connectivity index (χ2n) is 31.0. The molecule has 0 spiro atoms. The number of urea groups is 4. The zero-order chi connectivity index (χ0) is 79.3. The van der Waals surface area contributed by atoms with Gasteiger partial charge in [-0.2, -0.15) is 10.5 Å². The van der Waals surface area contributed by atoms with Gasteiger partial charge < -0.3 is 19.6 Å². The van der Waals surface area contributed by atoms with Crippen molar-refractivity contribution in [2.45, 2.75) is 129 Å². The molecule has 8 amide bonds. The van der Waals surface area contributed by atoms with Crippen LogP contribution in [0.3, 0.4) is 0 Å². The SMILES string of the molecule is C[C@H](C#N)CC(=O)c1ccc2c(n1)N(C(=O)Nc1ccccn1)[C@H]1CCN2C1.C[C@H](C#N)CC(=O)c1ccc2c(n1)N(C(=O)Nc1ccccn1)[C@H]1CCN2C1.C[C@H](CC(=O)c1ccc2c(n1)N(C(=O)Nc1ccccn1)[C@H]1CCN2C1)C1CC1.C[C@H](CC(=O)c1ccc2c(n1)N(C(=O)Nc1ccccn1)[C@H]1CCN2C1)C1CC1. The molecular weight excluding hydrogens is 1450 g/mol. The van der Waals surface area contributed by atoms with Gasteiger partial charge in [-0.05, 0) is 186 Å². The molecule has 0 radical (unpaired) electrons. The second kappa shape index (κ2) is 33.6. The Hall–Kier alpha value is -12.9. The van der Waals surface area contributed by atoms with Gasteiger partial charge in [-0.3, -0.25) is 60.0 Å². The minimum atomic E-state index is -0.381. The van der Waals surface area contributed by atoms with Gasteiger partial charge in [0.1, 0.15) is 46.0 Å². The number of carbonyl (C=O) groups is 8. The van der Waals surface area contributed by atoms with Gasteiger partial charge in [-0.1, -0.05) is 38.1 Å². The Kier molecular flexibility index (Phi) is 22.6. The van der Waals surface area contributed by atoms with E-state index in [0.717, 1.165) is 101 Å². The van der Waals surface area contributed by atoms with Gasteiger partial charge in [0.2, 0.25) is 0 Å². The number of hydrogen-bond acceptors (Lipinski definition) is 22. The van der Waals surface area contributed by atoms with Gasteiger partial charge in [0.15, 0.2) is 46.4 Å². The zero-order valence-electron chi connectivity index (χ0n) is 64.1. The third-order valence-electron chi connectivity index (χ3n) is 22.7. The maximum atomic E-state index is 13.1. The Morgan fingerprint density at radius 1 is 0.351 bits per heavy atom. The van der Waals surface area contributed by atoms with E-state index in [0.29, 0.717) is 94.4 Å². The lowest BCUT2D eigenvalue weighted by Gasteiger charge is -2.35. The molecule has 8 bridgehead atoms. The summed E-state index contributed by atoms with van der Waals surface area (Å²) >= 11 is 0. The number of nitrogens with zero attached hydrogens (tertiary/aromatic N) is 18. The largest absolute Gasteiger partial charge is 0.366 e. The van der Waals surface area contributed by atoms with Gasteiger partial charge in [0, 0.05) is 103 Å². The van der Waals surface area contributed by atoms with E-state index >= 15 is 0 Å². The monoisotopic (exact) mass is 1530 g/mol. The lowest BCUT2D eigenvalue weighted by atomic mass is 9.98. The van der Waals surface area contributed by atoms with Crippen molar-refractivity contribution in [2.75, 3.05) is 113 Å². The summed E-state index contributed by atoms with van der Waals surface area (Å²) in [7, 11) is 0. The number of Topliss-reactive ketones (excluding diaryl/α,β-unsaturated/α-hetero) is 4. The second-order valence-corrected chi connectivity index (χ2v) is 31.0. The quantitative estimate of drug-likeness (QED) is 0.0580. The van der Waals surface area contributed by atoms with Crippen molar-refractivity contribution < 1.29 is 38.4 Å². The summed E-state index contributed by atoms with van der Waals surface area (Å²) < 4.78 is 0. The van der Waals surface area contributed by atoms with E-state index in [2.05, 4.69) is 107 Å². The third kappa shape index (κ3) is 17.0. The molecule has 6 fully saturated rings. The maximum Gasteiger partial charge on any atom is 0.329 e. The first-order valence-electron chi connectivity index (χ1n) is 39.3. The first-order valence-corrected chi connectivity index (χ1v) is 39.3. The molecule has 8 aromatic rings. The van der Waals surface area contributed by atoms with Crippen LogP contribution in [0.15, 0.2) is 146 Å². The molecule has 8 aliphatic heterocycles. The number of aromatic nitrogens is 8. The summed E-state index contributed by atoms with van der Waals surface area (Å²) in [6.07, 6.45) is 16.1. The van der Waals surface area contributed by atoms with Gasteiger partial charge in [-0.15, -0.1) is 0 Å². The lowest BCUT2D eigenvalue weighted by molar-refractivity contribution is 0.0947. The third-order valence-corrected chi connectivity index (χ3v) is 22.7. The first-order chi connectivity index (χ1) is 55.3. The van der Waals surface area contributed by atoms with E-state index in [-0.39, 0.29) is 107 Å². The molecule has 0 aromatic carbocycles. The summed E-state index contributed by atoms with van der Waals surface area (Å²) in [6.45, 7) is 14.2. The molecule has 2 aliphatic carbocycles. The van der Waals surface area contributed by atoms with Crippen LogP contribution in [0.1, 0.15) is 147 Å². The zero-order valence-corrected chi connectivity index (χ0v) is 64.1. The minimum absolute atomic E-state index is 0.00732. The number of fused-ring (bicyclic) bond motifs is 16. The van der Waals surface area contributed by atoms with Crippen LogP contribution in [0.4, 0.5) is 88.5 Å². The molecule has 8 atom stereocenters. The molecule has 4 N–H and O–H groups in total. The predicted octanol–water partition coefficient (Wildman–Crippen LogP) is 13.1. The van der Waals surface area contributed by atoms with Crippen molar-refractivity contribution in [3.8, 4) is 12.1 Å². The smallest absolute Gasteiger partial charge is 0.329 e. The number of nitrogens with one attached hydrogen (secondary N) is 4. The van der Waals surface area contributed by atoms with E-state index in [1.807, 2.05) is 60.7 Å². The van der Waals surface area contributed by atoms with Gasteiger partial charge in [0.05, 0.1) is 70.9 Å². The van der Waals surface area contributed by atoms with Gasteiger partial charge in [0.25, 0.3) is 0 Å². The van der Waals surface area contributed by atoms with Crippen LogP contribution < -0.4 is 60.5 Å². The highest BCUT2D eigenvalue weighted by Crippen LogP contribution is 2.46. The summed E-state index contributed by atoms with van der Waals surface area (Å²) in [4.78, 5) is 154. The highest BCUT2D eigenvalue weighted by Gasteiger charge is 2.46. The number of carbonyl (C=O) groups excluding carboxylic acids is 8. The lowest BCUT2D eigenvalue weighted by Crippen LogP contribution is -2.48. The Labute approximate surface area is 660 Å². The Morgan fingerprint density at radius 2 is 0.596 bits per heavy atom. The normalized spacial score (nSPS) is 19.6. The fraction of sp³-hybridized carbons (Fsp3) is 0.405. The first kappa shape index (κ1) is 76.5. The van der Waals surface area contributed by atoms with Crippen LogP contribution in [-0.4, -0.2) is 164 Å². The van der Waals surface area contributed by atoms with Crippen LogP contribution in [-0.2, 0) is 0 Å². The molecule has 18 rings (SSSR count). The van der Waals surface area contributed by atoms with Crippen molar-refractivity contribution in [1.82, 2.24) is 39.9 Å². The van der Waals surface area contributed by atoms with Gasteiger partial charge in [-0.25, -0.2) is 59.0 Å². The Balaban J connectivity index is 0.000000120. The van der Waals surface area contributed by atoms with Crippen molar-refractivity contribution >= 4 is 117 Å². The van der Waals surface area contributed by atoms with Crippen LogP contribution >= 0.6 is 0 Å². The van der Waals surface area contributed by atoms with Crippen molar-refractivity contribution in [2.24, 2.45) is 35.5 Å². The number of amides is 8. The van der Waals surface area contributed by atoms with E-state index in [1.54, 1.807) is 119 Å². The molecule has 10 aliphatic rings. The number of hydrogen-bond donors (Lipinski definition) is 4. The number of anilines is 12. The van der Waals surface area contributed by atoms with E-state index in [4.69, 9.17) is 10.5 Å². The average molecular weight is 1540 g/mol. The van der Waals surface area contributed by atoms with Crippen molar-refractivity contribution in [3.63, 3.8) is 0 Å². The number of ketones is 4. The number of nitriles is 2. The summed E-state index contributed by atoms with van der Waals surface area (Å²) in [5, 5.41) is 29.3. The fourth-order valence-corrected chi connectivity index (χ4v) is 16.2. The predicted molar refractivity (Wildman–Crippen MR) is 431 cm³/mol. The van der Waals surface area contributed by atoms with Crippen LogP contribution in [0.5, 0.6) is 0 Å². The van der Waals surface area contributed by atoms with Crippen molar-refractivity contribution in [3.05, 3.63) is 169 Å². The summed E-state index contributed by atoms with van der Waals surface area (Å²) in [5.41, 5.74) is 4.98. The Morgan fingerprint density at radius 3 is 0.816 bits per heavy atom. The highest BCUT2D eigenvalue weighted by atomic mass is 16.2. The maximum absolute atomic E-state index is 13.1. The molecule has 114 heavy (non-hydrogen) atoms.